The Bertz CT molecular complexity index is 250. The van der Waals surface area contributed by atoms with Gasteiger partial charge in [-0.25, -0.2) is 4.79 Å². The monoisotopic (exact) mass is 242 g/mol. The second-order valence-corrected chi connectivity index (χ2v) is 4.04. The van der Waals surface area contributed by atoms with E-state index in [1.807, 2.05) is 0 Å². The Morgan fingerprint density at radius 3 is 2.47 bits per heavy atom. The van der Waals surface area contributed by atoms with Crippen molar-refractivity contribution in [1.29, 1.82) is 0 Å². The maximum atomic E-state index is 11.0. The van der Waals surface area contributed by atoms with Gasteiger partial charge in [0.05, 0.1) is 21.0 Å². The first-order valence-corrected chi connectivity index (χ1v) is 5.53. The zero-order valence-corrected chi connectivity index (χ0v) is 9.01. The normalized spacial score (nSPS) is 15.8. The number of aliphatic hydroxyl groups excluding tert-OH is 1. The minimum absolute atomic E-state index is 0.640. The van der Waals surface area contributed by atoms with Crippen molar-refractivity contribution >= 4 is 13.8 Å². The summed E-state index contributed by atoms with van der Waals surface area (Å²) in [6, 6.07) is -0.662. The van der Waals surface area contributed by atoms with Gasteiger partial charge in [-0.15, -0.1) is 0 Å². The Balaban J connectivity index is 4.04. The van der Waals surface area contributed by atoms with Crippen LogP contribution in [0.15, 0.2) is 0 Å². The lowest BCUT2D eigenvalue weighted by Gasteiger charge is -2.30. The molecular formula is C6H13NO7P-. The lowest BCUT2D eigenvalue weighted by atomic mass is 10.3. The third-order valence-corrected chi connectivity index (χ3v) is 1.77. The molecule has 0 saturated heterocycles. The number of phosphoric acid groups is 1. The second-order valence-electron chi connectivity index (χ2n) is 2.89. The molecule has 0 fully saturated rings. The van der Waals surface area contributed by atoms with Crippen molar-refractivity contribution in [3.8, 4) is 0 Å². The lowest BCUT2D eigenvalue weighted by molar-refractivity contribution is -0.403. The van der Waals surface area contributed by atoms with E-state index in [1.54, 1.807) is 0 Å². The Labute approximate surface area is 86.2 Å². The molecule has 1 unspecified atom stereocenters. The van der Waals surface area contributed by atoms with Gasteiger partial charge in [0.15, 0.2) is 6.04 Å². The van der Waals surface area contributed by atoms with E-state index in [-0.39, 0.29) is 0 Å². The summed E-state index contributed by atoms with van der Waals surface area (Å²) in [5.41, 5.74) is 3.36. The highest BCUT2D eigenvalue weighted by Gasteiger charge is 2.19. The van der Waals surface area contributed by atoms with Crippen molar-refractivity contribution in [2.75, 3.05) is 13.2 Å². The number of quaternary nitrogens is 1. The van der Waals surface area contributed by atoms with Crippen molar-refractivity contribution < 1.29 is 39.2 Å². The van der Waals surface area contributed by atoms with E-state index in [1.165, 1.54) is 6.92 Å². The van der Waals surface area contributed by atoms with Crippen LogP contribution in [0.3, 0.4) is 0 Å². The van der Waals surface area contributed by atoms with E-state index in [4.69, 9.17) is 5.11 Å². The van der Waals surface area contributed by atoms with Crippen LogP contribution in [0.2, 0.25) is 0 Å². The predicted molar refractivity (Wildman–Crippen MR) is 42.9 cm³/mol. The average Bonchev–Trinajstić information content (AvgIpc) is 2.10. The molecule has 0 aliphatic rings. The van der Waals surface area contributed by atoms with E-state index in [2.05, 4.69) is 15.0 Å². The molecule has 0 bridgehead atoms. The highest BCUT2D eigenvalue weighted by atomic mass is 31.2. The van der Waals surface area contributed by atoms with Gasteiger partial charge >= 0.3 is 5.97 Å². The molecule has 90 valence electrons. The molecule has 0 aliphatic heterocycles. The summed E-state index contributed by atoms with van der Waals surface area (Å²) in [6.07, 6.45) is -1.18. The van der Waals surface area contributed by atoms with Crippen molar-refractivity contribution in [2.45, 2.75) is 19.1 Å². The maximum Gasteiger partial charge on any atom is 0.364 e. The van der Waals surface area contributed by atoms with Gasteiger partial charge in [0.1, 0.15) is 6.10 Å². The Hall–Kier alpha value is -0.500. The first-order valence-electron chi connectivity index (χ1n) is 4.07. The second kappa shape index (κ2) is 6.16. The standard InChI is InChI=1S/C6H14NO7P/c1-4(7)6(9)14-5(2-8)3-13-15(10,11)12/h4-5,8H,2-3,7H2,1H3,(H2,10,11,12)/p-1/t4?,5-/m0/s1. The fourth-order valence-electron chi connectivity index (χ4n) is 0.579. The summed E-state index contributed by atoms with van der Waals surface area (Å²) >= 11 is 0. The van der Waals surface area contributed by atoms with Crippen LogP contribution in [-0.4, -0.2) is 36.4 Å². The van der Waals surface area contributed by atoms with E-state index in [0.29, 0.717) is 0 Å². The van der Waals surface area contributed by atoms with Crippen molar-refractivity contribution in [3.63, 3.8) is 0 Å². The Morgan fingerprint density at radius 1 is 1.60 bits per heavy atom. The molecule has 0 aromatic heterocycles. The molecule has 8 nitrogen and oxygen atoms in total. The van der Waals surface area contributed by atoms with Crippen molar-refractivity contribution in [2.24, 2.45) is 0 Å². The lowest BCUT2D eigenvalue weighted by Crippen LogP contribution is -2.64. The largest absolute Gasteiger partial charge is 0.790 e. The number of aliphatic hydroxyl groups is 1. The van der Waals surface area contributed by atoms with Gasteiger partial charge in [-0.05, 0) is 6.92 Å². The fourth-order valence-corrected chi connectivity index (χ4v) is 0.928. The molecule has 0 radical (unpaired) electrons. The average molecular weight is 242 g/mol. The molecule has 15 heavy (non-hydrogen) atoms. The smallest absolute Gasteiger partial charge is 0.364 e. The number of esters is 1. The van der Waals surface area contributed by atoms with Gasteiger partial charge in [-0.1, -0.05) is 0 Å². The van der Waals surface area contributed by atoms with E-state index >= 15 is 0 Å². The van der Waals surface area contributed by atoms with Crippen LogP contribution in [0.4, 0.5) is 0 Å². The zero-order chi connectivity index (χ0) is 12.1. The summed E-state index contributed by atoms with van der Waals surface area (Å²) in [6.45, 7) is 0.126. The van der Waals surface area contributed by atoms with Crippen LogP contribution in [0, 0.1) is 0 Å². The van der Waals surface area contributed by atoms with Crippen LogP contribution < -0.4 is 15.5 Å². The first-order chi connectivity index (χ1) is 6.76. The molecule has 0 rings (SSSR count). The zero-order valence-electron chi connectivity index (χ0n) is 8.12. The summed E-state index contributed by atoms with van der Waals surface area (Å²) < 4.78 is 18.5. The molecule has 0 aromatic rings. The molecule has 0 aromatic carbocycles. The Kier molecular flexibility index (Phi) is 5.96. The van der Waals surface area contributed by atoms with Crippen molar-refractivity contribution in [1.82, 2.24) is 0 Å². The van der Waals surface area contributed by atoms with E-state index < -0.39 is 39.2 Å². The highest BCUT2D eigenvalue weighted by Crippen LogP contribution is 2.24. The molecule has 0 saturated carbocycles. The number of phosphoric ester groups is 1. The molecule has 2 atom stereocenters. The van der Waals surface area contributed by atoms with Gasteiger partial charge in [0, 0.05) is 0 Å². The van der Waals surface area contributed by atoms with Gasteiger partial charge in [-0.2, -0.15) is 0 Å². The van der Waals surface area contributed by atoms with Crippen LogP contribution in [0.1, 0.15) is 6.92 Å². The third kappa shape index (κ3) is 7.43. The molecule has 0 spiro atoms. The minimum Gasteiger partial charge on any atom is -0.790 e. The number of rotatable bonds is 6. The van der Waals surface area contributed by atoms with Gasteiger partial charge in [0.2, 0.25) is 0 Å². The third-order valence-electron chi connectivity index (χ3n) is 1.31. The quantitative estimate of drug-likeness (QED) is 0.360. The molecule has 4 N–H and O–H groups in total. The van der Waals surface area contributed by atoms with Crippen LogP contribution >= 0.6 is 7.82 Å². The molecule has 9 heteroatoms. The van der Waals surface area contributed by atoms with Crippen molar-refractivity contribution in [3.05, 3.63) is 0 Å². The number of ether oxygens (including phenoxy) is 1. The van der Waals surface area contributed by atoms with Crippen LogP contribution in [-0.2, 0) is 18.6 Å². The summed E-state index contributed by atoms with van der Waals surface area (Å²) in [5.74, 6) is -0.718. The summed E-state index contributed by atoms with van der Waals surface area (Å²) in [5, 5.41) is 8.68. The SMILES string of the molecule is CC([NH3+])C(=O)O[C@@H](CO)COP(=O)([O-])[O-]. The minimum atomic E-state index is -5.12. The van der Waals surface area contributed by atoms with Gasteiger partial charge in [0.25, 0.3) is 0 Å². The predicted octanol–water partition coefficient (Wildman–Crippen LogP) is -3.63. The first kappa shape index (κ1) is 14.5. The molecule has 0 heterocycles. The fraction of sp³-hybridized carbons (Fsp3) is 0.833. The molecule has 0 amide bonds. The highest BCUT2D eigenvalue weighted by molar-refractivity contribution is 7.43. The number of hydrogen-bond acceptors (Lipinski definition) is 7. The Morgan fingerprint density at radius 2 is 2.13 bits per heavy atom. The summed E-state index contributed by atoms with van der Waals surface area (Å²) in [4.78, 5) is 31.1. The molecule has 0 aliphatic carbocycles. The van der Waals surface area contributed by atoms with Crippen LogP contribution in [0.5, 0.6) is 0 Å². The van der Waals surface area contributed by atoms with E-state index in [0.717, 1.165) is 0 Å². The summed E-state index contributed by atoms with van der Waals surface area (Å²) in [7, 11) is -5.12. The van der Waals surface area contributed by atoms with Crippen LogP contribution in [0.25, 0.3) is 0 Å². The topological polar surface area (TPSA) is 147 Å². The number of carbonyl (C=O) groups excluding carboxylic acids is 1. The van der Waals surface area contributed by atoms with Gasteiger partial charge < -0.3 is 34.5 Å². The maximum absolute atomic E-state index is 11.0. The number of carbonyl (C=O) groups is 1. The van der Waals surface area contributed by atoms with E-state index in [9.17, 15) is 19.1 Å². The number of hydrogen-bond donors (Lipinski definition) is 2. The van der Waals surface area contributed by atoms with Gasteiger partial charge in [-0.3, -0.25) is 0 Å². The molecular weight excluding hydrogens is 229 g/mol.